The van der Waals surface area contributed by atoms with Gasteiger partial charge in [0, 0.05) is 12.4 Å². The number of hydrogen-bond acceptors (Lipinski definition) is 4. The van der Waals surface area contributed by atoms with Crippen LogP contribution in [0, 0.1) is 5.82 Å². The van der Waals surface area contributed by atoms with Gasteiger partial charge >= 0.3 is 0 Å². The first-order valence-corrected chi connectivity index (χ1v) is 4.33. The Balaban J connectivity index is 2.30. The van der Waals surface area contributed by atoms with Crippen molar-refractivity contribution in [3.8, 4) is 0 Å². The van der Waals surface area contributed by atoms with Crippen LogP contribution < -0.4 is 11.1 Å². The minimum absolute atomic E-state index is 0.336. The molecule has 2 aromatic heterocycles. The lowest BCUT2D eigenvalue weighted by Crippen LogP contribution is -1.98. The van der Waals surface area contributed by atoms with Crippen molar-refractivity contribution in [2.45, 2.75) is 0 Å². The Morgan fingerprint density at radius 1 is 1.07 bits per heavy atom. The highest BCUT2D eigenvalue weighted by Crippen LogP contribution is 2.22. The third-order valence-electron chi connectivity index (χ3n) is 1.89. The van der Waals surface area contributed by atoms with E-state index in [-0.39, 0.29) is 0 Å². The maximum atomic E-state index is 13.2. The van der Waals surface area contributed by atoms with E-state index < -0.39 is 5.82 Å². The van der Waals surface area contributed by atoms with Gasteiger partial charge in [0.2, 0.25) is 0 Å². The first-order chi connectivity index (χ1) is 7.27. The Hall–Kier alpha value is -2.17. The van der Waals surface area contributed by atoms with Gasteiger partial charge in [0.15, 0.2) is 5.82 Å². The Bertz CT molecular complexity index is 429. The van der Waals surface area contributed by atoms with Crippen LogP contribution in [0.25, 0.3) is 0 Å². The Labute approximate surface area is 86.0 Å². The van der Waals surface area contributed by atoms with Gasteiger partial charge < -0.3 is 11.1 Å². The minimum atomic E-state index is -0.422. The molecule has 0 unspecified atom stereocenters. The zero-order valence-corrected chi connectivity index (χ0v) is 7.81. The lowest BCUT2D eigenvalue weighted by atomic mass is 10.3. The fourth-order valence-electron chi connectivity index (χ4n) is 1.14. The molecule has 76 valence electrons. The van der Waals surface area contributed by atoms with Crippen LogP contribution in [0.1, 0.15) is 0 Å². The number of nitrogens with two attached hydrogens (primary N) is 1. The third kappa shape index (κ3) is 2.01. The topological polar surface area (TPSA) is 63.8 Å². The van der Waals surface area contributed by atoms with E-state index in [0.717, 1.165) is 6.20 Å². The molecule has 2 rings (SSSR count). The number of anilines is 3. The molecule has 0 radical (unpaired) electrons. The van der Waals surface area contributed by atoms with Crippen molar-refractivity contribution < 1.29 is 4.39 Å². The molecule has 2 heterocycles. The largest absolute Gasteiger partial charge is 0.396 e. The molecule has 3 N–H and O–H groups in total. The van der Waals surface area contributed by atoms with E-state index in [4.69, 9.17) is 5.73 Å². The van der Waals surface area contributed by atoms with Gasteiger partial charge in [0.25, 0.3) is 0 Å². The summed E-state index contributed by atoms with van der Waals surface area (Å²) in [5, 5.41) is 2.86. The lowest BCUT2D eigenvalue weighted by molar-refractivity contribution is 0.625. The molecule has 0 amide bonds. The molecule has 4 nitrogen and oxygen atoms in total. The van der Waals surface area contributed by atoms with Crippen molar-refractivity contribution in [3.63, 3.8) is 0 Å². The second kappa shape index (κ2) is 3.91. The Morgan fingerprint density at radius 3 is 2.40 bits per heavy atom. The van der Waals surface area contributed by atoms with Crippen molar-refractivity contribution in [2.24, 2.45) is 0 Å². The number of nitrogens with zero attached hydrogens (tertiary/aromatic N) is 2. The first kappa shape index (κ1) is 9.39. The van der Waals surface area contributed by atoms with Gasteiger partial charge in [-0.2, -0.15) is 0 Å². The number of halogens is 1. The molecule has 0 atom stereocenters. The second-order valence-electron chi connectivity index (χ2n) is 2.94. The molecular formula is C10H9FN4. The van der Waals surface area contributed by atoms with Crippen LogP contribution in [0.3, 0.4) is 0 Å². The minimum Gasteiger partial charge on any atom is -0.396 e. The monoisotopic (exact) mass is 204 g/mol. The van der Waals surface area contributed by atoms with E-state index in [0.29, 0.717) is 17.1 Å². The van der Waals surface area contributed by atoms with Crippen molar-refractivity contribution in [2.75, 3.05) is 11.1 Å². The summed E-state index contributed by atoms with van der Waals surface area (Å²) >= 11 is 0. The fraction of sp³-hybridized carbons (Fsp3) is 0. The maximum absolute atomic E-state index is 13.2. The third-order valence-corrected chi connectivity index (χ3v) is 1.89. The van der Waals surface area contributed by atoms with E-state index in [1.807, 2.05) is 0 Å². The second-order valence-corrected chi connectivity index (χ2v) is 2.94. The zero-order valence-electron chi connectivity index (χ0n) is 7.81. The van der Waals surface area contributed by atoms with Gasteiger partial charge in [-0.3, -0.25) is 9.97 Å². The van der Waals surface area contributed by atoms with Crippen LogP contribution in [0.2, 0.25) is 0 Å². The molecule has 0 fully saturated rings. The molecule has 0 aliphatic carbocycles. The predicted molar refractivity (Wildman–Crippen MR) is 56.1 cm³/mol. The maximum Gasteiger partial charge on any atom is 0.164 e. The molecular weight excluding hydrogens is 195 g/mol. The highest BCUT2D eigenvalue weighted by molar-refractivity contribution is 5.71. The number of nitrogens with one attached hydrogen (secondary N) is 1. The van der Waals surface area contributed by atoms with Gasteiger partial charge in [0.1, 0.15) is 0 Å². The number of nitrogen functional groups attached to an aromatic ring is 1. The molecule has 0 aliphatic heterocycles. The molecule has 5 heteroatoms. The number of hydrogen-bond donors (Lipinski definition) is 2. The van der Waals surface area contributed by atoms with Crippen LogP contribution in [-0.4, -0.2) is 9.97 Å². The van der Waals surface area contributed by atoms with Gasteiger partial charge in [-0.1, -0.05) is 0 Å². The van der Waals surface area contributed by atoms with Crippen molar-refractivity contribution in [1.82, 2.24) is 9.97 Å². The SMILES string of the molecule is Nc1cnccc1Nc1ccncc1F. The van der Waals surface area contributed by atoms with Crippen molar-refractivity contribution in [3.05, 3.63) is 42.7 Å². The molecule has 15 heavy (non-hydrogen) atoms. The highest BCUT2D eigenvalue weighted by Gasteiger charge is 2.03. The standard InChI is InChI=1S/C10H9FN4/c11-7-5-13-3-1-9(7)15-10-2-4-14-6-8(10)12/h1-6H,12H2,(H,13,14,15). The average molecular weight is 204 g/mol. The van der Waals surface area contributed by atoms with Crippen molar-refractivity contribution in [1.29, 1.82) is 0 Å². The lowest BCUT2D eigenvalue weighted by Gasteiger charge is -2.08. The normalized spacial score (nSPS) is 9.93. The van der Waals surface area contributed by atoms with Crippen LogP contribution >= 0.6 is 0 Å². The molecule has 0 spiro atoms. The van der Waals surface area contributed by atoms with Gasteiger partial charge in [0.05, 0.1) is 29.5 Å². The number of pyridine rings is 2. The van der Waals surface area contributed by atoms with Crippen molar-refractivity contribution >= 4 is 17.1 Å². The Morgan fingerprint density at radius 2 is 1.73 bits per heavy atom. The summed E-state index contributed by atoms with van der Waals surface area (Å²) in [6.07, 6.45) is 5.72. The summed E-state index contributed by atoms with van der Waals surface area (Å²) in [5.74, 6) is -0.422. The summed E-state index contributed by atoms with van der Waals surface area (Å²) in [6.45, 7) is 0. The fourth-order valence-corrected chi connectivity index (χ4v) is 1.14. The highest BCUT2D eigenvalue weighted by atomic mass is 19.1. The average Bonchev–Trinajstić information content (AvgIpc) is 2.24. The number of aromatic nitrogens is 2. The summed E-state index contributed by atoms with van der Waals surface area (Å²) < 4.78 is 13.2. The molecule has 0 saturated heterocycles. The van der Waals surface area contributed by atoms with E-state index >= 15 is 0 Å². The van der Waals surface area contributed by atoms with Crippen LogP contribution in [0.15, 0.2) is 36.9 Å². The molecule has 2 aromatic rings. The van der Waals surface area contributed by atoms with Crippen LogP contribution in [-0.2, 0) is 0 Å². The quantitative estimate of drug-likeness (QED) is 0.784. The van der Waals surface area contributed by atoms with E-state index in [1.165, 1.54) is 18.5 Å². The molecule has 0 saturated carbocycles. The summed E-state index contributed by atoms with van der Waals surface area (Å²) in [5.41, 5.74) is 7.08. The van der Waals surface area contributed by atoms with Gasteiger partial charge in [-0.15, -0.1) is 0 Å². The predicted octanol–water partition coefficient (Wildman–Crippen LogP) is 1.94. The van der Waals surface area contributed by atoms with Crippen LogP contribution in [0.5, 0.6) is 0 Å². The summed E-state index contributed by atoms with van der Waals surface area (Å²) in [4.78, 5) is 7.49. The van der Waals surface area contributed by atoms with Crippen LogP contribution in [0.4, 0.5) is 21.5 Å². The summed E-state index contributed by atoms with van der Waals surface area (Å²) in [6, 6.07) is 3.21. The smallest absolute Gasteiger partial charge is 0.164 e. The van der Waals surface area contributed by atoms with Gasteiger partial charge in [-0.05, 0) is 12.1 Å². The molecule has 0 bridgehead atoms. The summed E-state index contributed by atoms with van der Waals surface area (Å²) in [7, 11) is 0. The first-order valence-electron chi connectivity index (χ1n) is 4.33. The molecule has 0 aromatic carbocycles. The van der Waals surface area contributed by atoms with E-state index in [2.05, 4.69) is 15.3 Å². The zero-order chi connectivity index (χ0) is 10.7. The molecule has 0 aliphatic rings. The Kier molecular flexibility index (Phi) is 2.45. The van der Waals surface area contributed by atoms with E-state index in [1.54, 1.807) is 12.3 Å². The van der Waals surface area contributed by atoms with E-state index in [9.17, 15) is 4.39 Å². The number of rotatable bonds is 2. The van der Waals surface area contributed by atoms with Gasteiger partial charge in [-0.25, -0.2) is 4.39 Å².